The molecule has 0 aromatic heterocycles. The van der Waals surface area contributed by atoms with Crippen molar-refractivity contribution in [1.82, 2.24) is 5.32 Å². The second-order valence-electron chi connectivity index (χ2n) is 6.29. The predicted molar refractivity (Wildman–Crippen MR) is 77.0 cm³/mol. The molecule has 2 heterocycles. The molecule has 0 radical (unpaired) electrons. The Morgan fingerprint density at radius 3 is 3.15 bits per heavy atom. The Kier molecular flexibility index (Phi) is 2.74. The molecule has 2 fully saturated rings. The summed E-state index contributed by atoms with van der Waals surface area (Å²) in [6.07, 6.45) is 2.50. The van der Waals surface area contributed by atoms with Gasteiger partial charge in [-0.1, -0.05) is 12.1 Å². The fraction of sp³-hybridized carbons (Fsp3) is 0.562. The van der Waals surface area contributed by atoms with E-state index in [1.807, 2.05) is 18.2 Å². The first-order valence-corrected chi connectivity index (χ1v) is 7.48. The van der Waals surface area contributed by atoms with Crippen LogP contribution in [0.4, 0.5) is 5.69 Å². The standard InChI is InChI=1S/C16H20N2O2/c19-15-13-3-1-2-4-14(13)18(7-6-17-15)10-12-9-16(12)5-8-20-11-16/h1-4,12H,5-11H2,(H,17,19). The lowest BCUT2D eigenvalue weighted by molar-refractivity contribution is 0.0958. The second-order valence-corrected chi connectivity index (χ2v) is 6.29. The average Bonchev–Trinajstić information content (AvgIpc) is 2.95. The first-order chi connectivity index (χ1) is 9.78. The van der Waals surface area contributed by atoms with Crippen molar-refractivity contribution in [3.63, 3.8) is 0 Å². The Hall–Kier alpha value is -1.55. The highest BCUT2D eigenvalue weighted by molar-refractivity contribution is 6.00. The van der Waals surface area contributed by atoms with Crippen molar-refractivity contribution in [3.05, 3.63) is 29.8 Å². The van der Waals surface area contributed by atoms with E-state index in [-0.39, 0.29) is 5.91 Å². The quantitative estimate of drug-likeness (QED) is 0.890. The van der Waals surface area contributed by atoms with Gasteiger partial charge in [0.1, 0.15) is 0 Å². The van der Waals surface area contributed by atoms with Gasteiger partial charge in [0.25, 0.3) is 5.91 Å². The van der Waals surface area contributed by atoms with Gasteiger partial charge in [-0.15, -0.1) is 0 Å². The van der Waals surface area contributed by atoms with Crippen LogP contribution in [0.25, 0.3) is 0 Å². The molecule has 3 aliphatic rings. The Balaban J connectivity index is 1.56. The highest BCUT2D eigenvalue weighted by atomic mass is 16.5. The molecular formula is C16H20N2O2. The minimum Gasteiger partial charge on any atom is -0.381 e. The number of carbonyl (C=O) groups excluding carboxylic acids is 1. The van der Waals surface area contributed by atoms with Crippen molar-refractivity contribution < 1.29 is 9.53 Å². The van der Waals surface area contributed by atoms with Crippen LogP contribution >= 0.6 is 0 Å². The minimum absolute atomic E-state index is 0.0535. The number of nitrogens with zero attached hydrogens (tertiary/aromatic N) is 1. The number of hydrogen-bond donors (Lipinski definition) is 1. The fourth-order valence-corrected chi connectivity index (χ4v) is 3.71. The zero-order chi connectivity index (χ0) is 13.6. The SMILES string of the molecule is O=C1NCCN(CC2CC23CCOC3)c2ccccc21. The third-order valence-corrected chi connectivity index (χ3v) is 5.09. The van der Waals surface area contributed by atoms with Crippen LogP contribution in [0, 0.1) is 11.3 Å². The molecule has 4 heteroatoms. The Labute approximate surface area is 119 Å². The van der Waals surface area contributed by atoms with Crippen LogP contribution in [0.5, 0.6) is 0 Å². The summed E-state index contributed by atoms with van der Waals surface area (Å²) in [6, 6.07) is 7.95. The molecule has 20 heavy (non-hydrogen) atoms. The summed E-state index contributed by atoms with van der Waals surface area (Å²) < 4.78 is 5.57. The van der Waals surface area contributed by atoms with Crippen molar-refractivity contribution >= 4 is 11.6 Å². The number of para-hydroxylation sites is 1. The normalized spacial score (nSPS) is 31.9. The van der Waals surface area contributed by atoms with E-state index in [1.165, 1.54) is 12.8 Å². The van der Waals surface area contributed by atoms with Gasteiger partial charge in [-0.3, -0.25) is 4.79 Å². The van der Waals surface area contributed by atoms with Crippen LogP contribution in [-0.4, -0.2) is 38.8 Å². The highest BCUT2D eigenvalue weighted by Crippen LogP contribution is 2.58. The topological polar surface area (TPSA) is 41.6 Å². The summed E-state index contributed by atoms with van der Waals surface area (Å²) in [5.74, 6) is 0.782. The summed E-state index contributed by atoms with van der Waals surface area (Å²) in [7, 11) is 0. The Morgan fingerprint density at radius 1 is 1.40 bits per heavy atom. The van der Waals surface area contributed by atoms with Crippen LogP contribution in [-0.2, 0) is 4.74 Å². The van der Waals surface area contributed by atoms with Gasteiger partial charge in [-0.25, -0.2) is 0 Å². The number of ether oxygens (including phenoxy) is 1. The van der Waals surface area contributed by atoms with Gasteiger partial charge in [-0.05, 0) is 30.9 Å². The van der Waals surface area contributed by atoms with E-state index in [1.54, 1.807) is 0 Å². The van der Waals surface area contributed by atoms with Crippen LogP contribution in [0.15, 0.2) is 24.3 Å². The lowest BCUT2D eigenvalue weighted by atomic mass is 10.0. The fourth-order valence-electron chi connectivity index (χ4n) is 3.71. The predicted octanol–water partition coefficient (Wildman–Crippen LogP) is 1.66. The van der Waals surface area contributed by atoms with Gasteiger partial charge in [0.05, 0.1) is 12.2 Å². The van der Waals surface area contributed by atoms with E-state index in [9.17, 15) is 4.79 Å². The van der Waals surface area contributed by atoms with E-state index in [2.05, 4.69) is 16.3 Å². The molecule has 2 unspecified atom stereocenters. The van der Waals surface area contributed by atoms with Crippen LogP contribution in [0.1, 0.15) is 23.2 Å². The lowest BCUT2D eigenvalue weighted by Gasteiger charge is -2.25. The number of rotatable bonds is 2. The number of anilines is 1. The molecular weight excluding hydrogens is 252 g/mol. The summed E-state index contributed by atoms with van der Waals surface area (Å²) in [6.45, 7) is 4.53. The molecule has 106 valence electrons. The number of amides is 1. The molecule has 2 atom stereocenters. The monoisotopic (exact) mass is 272 g/mol. The maximum atomic E-state index is 12.0. The van der Waals surface area contributed by atoms with E-state index < -0.39 is 0 Å². The van der Waals surface area contributed by atoms with Crippen LogP contribution in [0.3, 0.4) is 0 Å². The number of fused-ring (bicyclic) bond motifs is 1. The van der Waals surface area contributed by atoms with Crippen molar-refractivity contribution in [1.29, 1.82) is 0 Å². The minimum atomic E-state index is 0.0535. The number of benzene rings is 1. The Morgan fingerprint density at radius 2 is 2.30 bits per heavy atom. The highest BCUT2D eigenvalue weighted by Gasteiger charge is 2.56. The molecule has 4 nitrogen and oxygen atoms in total. The van der Waals surface area contributed by atoms with Gasteiger partial charge < -0.3 is 15.0 Å². The van der Waals surface area contributed by atoms with Crippen molar-refractivity contribution in [2.24, 2.45) is 11.3 Å². The van der Waals surface area contributed by atoms with Crippen molar-refractivity contribution in [2.45, 2.75) is 12.8 Å². The van der Waals surface area contributed by atoms with Gasteiger partial charge >= 0.3 is 0 Å². The molecule has 0 bridgehead atoms. The summed E-state index contributed by atoms with van der Waals surface area (Å²) in [5, 5.41) is 2.98. The molecule has 1 spiro atoms. The zero-order valence-electron chi connectivity index (χ0n) is 11.6. The smallest absolute Gasteiger partial charge is 0.253 e. The number of nitrogens with one attached hydrogen (secondary N) is 1. The molecule has 1 aromatic rings. The molecule has 1 N–H and O–H groups in total. The lowest BCUT2D eigenvalue weighted by Crippen LogP contribution is -2.32. The van der Waals surface area contributed by atoms with Gasteiger partial charge in [0.15, 0.2) is 0 Å². The first kappa shape index (κ1) is 12.2. The van der Waals surface area contributed by atoms with E-state index in [0.29, 0.717) is 5.41 Å². The second kappa shape index (κ2) is 4.48. The molecule has 4 rings (SSSR count). The average molecular weight is 272 g/mol. The van der Waals surface area contributed by atoms with Crippen LogP contribution in [0.2, 0.25) is 0 Å². The van der Waals surface area contributed by atoms with Crippen molar-refractivity contribution in [2.75, 3.05) is 37.7 Å². The molecule has 1 amide bonds. The third-order valence-electron chi connectivity index (χ3n) is 5.09. The zero-order valence-corrected chi connectivity index (χ0v) is 11.6. The molecule has 2 aliphatic heterocycles. The summed E-state index contributed by atoms with van der Waals surface area (Å²) in [4.78, 5) is 14.4. The Bertz CT molecular complexity index is 537. The van der Waals surface area contributed by atoms with E-state index >= 15 is 0 Å². The molecule has 1 saturated carbocycles. The van der Waals surface area contributed by atoms with Gasteiger partial charge in [0.2, 0.25) is 0 Å². The van der Waals surface area contributed by atoms with Gasteiger partial charge in [-0.2, -0.15) is 0 Å². The third kappa shape index (κ3) is 1.90. The van der Waals surface area contributed by atoms with Crippen LogP contribution < -0.4 is 10.2 Å². The van der Waals surface area contributed by atoms with Crippen molar-refractivity contribution in [3.8, 4) is 0 Å². The first-order valence-electron chi connectivity index (χ1n) is 7.48. The van der Waals surface area contributed by atoms with Gasteiger partial charge in [0, 0.05) is 37.3 Å². The molecule has 1 aromatic carbocycles. The number of hydrogen-bond acceptors (Lipinski definition) is 3. The largest absolute Gasteiger partial charge is 0.381 e. The van der Waals surface area contributed by atoms with E-state index in [4.69, 9.17) is 4.74 Å². The summed E-state index contributed by atoms with van der Waals surface area (Å²) in [5.41, 5.74) is 2.35. The number of carbonyl (C=O) groups is 1. The molecule has 1 saturated heterocycles. The molecule has 1 aliphatic carbocycles. The maximum Gasteiger partial charge on any atom is 0.253 e. The van der Waals surface area contributed by atoms with E-state index in [0.717, 1.165) is 50.0 Å². The summed E-state index contributed by atoms with van der Waals surface area (Å²) >= 11 is 0. The maximum absolute atomic E-state index is 12.0.